The number of halogens is 1. The van der Waals surface area contributed by atoms with Gasteiger partial charge in [0.1, 0.15) is 5.54 Å². The van der Waals surface area contributed by atoms with E-state index < -0.39 is 21.5 Å². The van der Waals surface area contributed by atoms with E-state index in [0.717, 1.165) is 3.79 Å². The number of rotatable bonds is 5. The first-order valence-corrected chi connectivity index (χ1v) is 9.83. The van der Waals surface area contributed by atoms with E-state index in [0.29, 0.717) is 30.6 Å². The first-order chi connectivity index (χ1) is 9.75. The van der Waals surface area contributed by atoms with E-state index in [-0.39, 0.29) is 11.4 Å². The standard InChI is InChI=1S/C13H18BrNO4S2/c1-3-5-13(12(16)17)6-4-7-15(13)21(18,19)10-8-11(14)20-9(10)2/h8H,3-7H2,1-2H3,(H,16,17). The predicted octanol–water partition coefficient (Wildman–Crippen LogP) is 3.23. The van der Waals surface area contributed by atoms with Gasteiger partial charge in [0.2, 0.25) is 10.0 Å². The lowest BCUT2D eigenvalue weighted by Gasteiger charge is -2.33. The molecule has 0 saturated carbocycles. The molecule has 0 radical (unpaired) electrons. The van der Waals surface area contributed by atoms with Crippen molar-refractivity contribution in [2.75, 3.05) is 6.54 Å². The van der Waals surface area contributed by atoms with E-state index in [1.165, 1.54) is 15.6 Å². The molecule has 2 rings (SSSR count). The van der Waals surface area contributed by atoms with Gasteiger partial charge in [0.25, 0.3) is 0 Å². The summed E-state index contributed by atoms with van der Waals surface area (Å²) in [5.74, 6) is -1.04. The van der Waals surface area contributed by atoms with Crippen molar-refractivity contribution in [2.24, 2.45) is 0 Å². The maximum atomic E-state index is 12.9. The number of nitrogens with zero attached hydrogens (tertiary/aromatic N) is 1. The van der Waals surface area contributed by atoms with E-state index in [9.17, 15) is 18.3 Å². The summed E-state index contributed by atoms with van der Waals surface area (Å²) in [5.41, 5.74) is -1.30. The summed E-state index contributed by atoms with van der Waals surface area (Å²) >= 11 is 4.63. The maximum Gasteiger partial charge on any atom is 0.325 e. The van der Waals surface area contributed by atoms with E-state index in [1.807, 2.05) is 6.92 Å². The van der Waals surface area contributed by atoms with Gasteiger partial charge in [-0.1, -0.05) is 13.3 Å². The molecular weight excluding hydrogens is 378 g/mol. The highest BCUT2D eigenvalue weighted by atomic mass is 79.9. The average molecular weight is 396 g/mol. The number of sulfonamides is 1. The molecular formula is C13H18BrNO4S2. The van der Waals surface area contributed by atoms with Gasteiger partial charge in [-0.2, -0.15) is 4.31 Å². The van der Waals surface area contributed by atoms with Crippen molar-refractivity contribution < 1.29 is 18.3 Å². The lowest BCUT2D eigenvalue weighted by molar-refractivity contribution is -0.147. The van der Waals surface area contributed by atoms with Crippen molar-refractivity contribution in [3.63, 3.8) is 0 Å². The van der Waals surface area contributed by atoms with Crippen LogP contribution in [-0.4, -0.2) is 35.9 Å². The van der Waals surface area contributed by atoms with Crippen molar-refractivity contribution in [1.29, 1.82) is 0 Å². The first kappa shape index (κ1) is 16.9. The number of thiophene rings is 1. The minimum Gasteiger partial charge on any atom is -0.480 e. The van der Waals surface area contributed by atoms with Crippen LogP contribution in [-0.2, 0) is 14.8 Å². The summed E-state index contributed by atoms with van der Waals surface area (Å²) in [4.78, 5) is 12.7. The third-order valence-electron chi connectivity index (χ3n) is 3.90. The largest absolute Gasteiger partial charge is 0.480 e. The first-order valence-electron chi connectivity index (χ1n) is 6.78. The number of hydrogen-bond acceptors (Lipinski definition) is 4. The van der Waals surface area contributed by atoms with E-state index in [1.54, 1.807) is 13.0 Å². The van der Waals surface area contributed by atoms with E-state index in [4.69, 9.17) is 0 Å². The quantitative estimate of drug-likeness (QED) is 0.829. The van der Waals surface area contributed by atoms with Gasteiger partial charge in [-0.3, -0.25) is 4.79 Å². The molecule has 118 valence electrons. The van der Waals surface area contributed by atoms with Crippen LogP contribution in [0.1, 0.15) is 37.5 Å². The SMILES string of the molecule is CCCC1(C(=O)O)CCCN1S(=O)(=O)c1cc(Br)sc1C. The number of carbonyl (C=O) groups is 1. The number of aryl methyl sites for hydroxylation is 1. The van der Waals surface area contributed by atoms with Crippen molar-refractivity contribution >= 4 is 43.3 Å². The Morgan fingerprint density at radius 2 is 2.24 bits per heavy atom. The van der Waals surface area contributed by atoms with Crippen LogP contribution in [0.15, 0.2) is 14.7 Å². The molecule has 1 aliphatic rings. The highest BCUT2D eigenvalue weighted by Gasteiger charge is 2.52. The molecule has 21 heavy (non-hydrogen) atoms. The minimum absolute atomic E-state index is 0.211. The second kappa shape index (κ2) is 5.98. The molecule has 1 N–H and O–H groups in total. The van der Waals surface area contributed by atoms with Gasteiger partial charge >= 0.3 is 5.97 Å². The monoisotopic (exact) mass is 395 g/mol. The van der Waals surface area contributed by atoms with Gasteiger partial charge in [-0.15, -0.1) is 11.3 Å². The van der Waals surface area contributed by atoms with Gasteiger partial charge in [-0.25, -0.2) is 8.42 Å². The molecule has 1 aromatic rings. The third kappa shape index (κ3) is 2.78. The van der Waals surface area contributed by atoms with Crippen LogP contribution in [0.4, 0.5) is 0 Å². The minimum atomic E-state index is -3.79. The Kier molecular flexibility index (Phi) is 4.82. The Bertz CT molecular complexity index is 655. The van der Waals surface area contributed by atoms with Crippen molar-refractivity contribution in [3.05, 3.63) is 14.7 Å². The van der Waals surface area contributed by atoms with Crippen LogP contribution in [0.2, 0.25) is 0 Å². The topological polar surface area (TPSA) is 74.7 Å². The smallest absolute Gasteiger partial charge is 0.325 e. The summed E-state index contributed by atoms with van der Waals surface area (Å²) in [5, 5.41) is 9.64. The number of carboxylic acid groups (broad SMARTS) is 1. The fourth-order valence-electron chi connectivity index (χ4n) is 2.99. The Labute approximate surface area is 137 Å². The molecule has 2 heterocycles. The van der Waals surface area contributed by atoms with E-state index in [2.05, 4.69) is 15.9 Å². The summed E-state index contributed by atoms with van der Waals surface area (Å²) in [6.45, 7) is 3.88. The second-order valence-electron chi connectivity index (χ2n) is 5.24. The summed E-state index contributed by atoms with van der Waals surface area (Å²) < 4.78 is 27.8. The average Bonchev–Trinajstić information content (AvgIpc) is 2.95. The summed E-state index contributed by atoms with van der Waals surface area (Å²) in [6, 6.07) is 1.56. The Morgan fingerprint density at radius 1 is 1.57 bits per heavy atom. The molecule has 1 aliphatic heterocycles. The fourth-order valence-corrected chi connectivity index (χ4v) is 7.20. The van der Waals surface area contributed by atoms with Crippen molar-refractivity contribution in [3.8, 4) is 0 Å². The molecule has 0 bridgehead atoms. The molecule has 1 fully saturated rings. The highest BCUT2D eigenvalue weighted by Crippen LogP contribution is 2.40. The van der Waals surface area contributed by atoms with Crippen LogP contribution in [0.5, 0.6) is 0 Å². The molecule has 1 unspecified atom stereocenters. The van der Waals surface area contributed by atoms with Crippen LogP contribution in [0.25, 0.3) is 0 Å². The van der Waals surface area contributed by atoms with Crippen molar-refractivity contribution in [2.45, 2.75) is 50.0 Å². The number of aliphatic carboxylic acids is 1. The highest BCUT2D eigenvalue weighted by molar-refractivity contribution is 9.11. The Hall–Kier alpha value is -0.440. The molecule has 5 nitrogen and oxygen atoms in total. The fraction of sp³-hybridized carbons (Fsp3) is 0.615. The summed E-state index contributed by atoms with van der Waals surface area (Å²) in [6.07, 6.45) is 1.92. The van der Waals surface area contributed by atoms with Gasteiger partial charge in [0, 0.05) is 11.4 Å². The van der Waals surface area contributed by atoms with Crippen LogP contribution < -0.4 is 0 Å². The molecule has 1 saturated heterocycles. The second-order valence-corrected chi connectivity index (χ2v) is 9.70. The molecule has 8 heteroatoms. The zero-order valence-electron chi connectivity index (χ0n) is 11.9. The summed E-state index contributed by atoms with van der Waals surface area (Å²) in [7, 11) is -3.79. The number of carboxylic acids is 1. The molecule has 0 amide bonds. The van der Waals surface area contributed by atoms with Gasteiger partial charge in [0.05, 0.1) is 8.68 Å². The van der Waals surface area contributed by atoms with Gasteiger partial charge < -0.3 is 5.11 Å². The van der Waals surface area contributed by atoms with Gasteiger partial charge in [-0.05, 0) is 48.2 Å². The van der Waals surface area contributed by atoms with E-state index >= 15 is 0 Å². The van der Waals surface area contributed by atoms with Gasteiger partial charge in [0.15, 0.2) is 0 Å². The molecule has 1 atom stereocenters. The van der Waals surface area contributed by atoms with Crippen LogP contribution >= 0.6 is 27.3 Å². The maximum absolute atomic E-state index is 12.9. The zero-order chi connectivity index (χ0) is 15.8. The molecule has 0 aromatic carbocycles. The van der Waals surface area contributed by atoms with Crippen LogP contribution in [0.3, 0.4) is 0 Å². The zero-order valence-corrected chi connectivity index (χ0v) is 15.1. The lowest BCUT2D eigenvalue weighted by atomic mass is 9.92. The normalized spacial score (nSPS) is 23.6. The lowest BCUT2D eigenvalue weighted by Crippen LogP contribution is -2.52. The third-order valence-corrected chi connectivity index (χ3v) is 7.68. The van der Waals surface area contributed by atoms with Crippen LogP contribution in [0, 0.1) is 6.92 Å². The Morgan fingerprint density at radius 3 is 2.71 bits per heavy atom. The molecule has 0 aliphatic carbocycles. The van der Waals surface area contributed by atoms with Crippen molar-refractivity contribution in [1.82, 2.24) is 4.31 Å². The predicted molar refractivity (Wildman–Crippen MR) is 85.2 cm³/mol. The molecule has 1 aromatic heterocycles. The number of hydrogen-bond donors (Lipinski definition) is 1. The Balaban J connectivity index is 2.52. The molecule has 0 spiro atoms.